The van der Waals surface area contributed by atoms with E-state index < -0.39 is 11.1 Å². The number of aliphatic hydroxyl groups excluding tert-OH is 1. The number of ether oxygens (including phenoxy) is 1. The Bertz CT molecular complexity index is 295. The van der Waals surface area contributed by atoms with Crippen molar-refractivity contribution in [3.8, 4) is 0 Å². The maximum absolute atomic E-state index is 12.4. The Morgan fingerprint density at radius 1 is 1.17 bits per heavy atom. The number of nitrogens with two attached hydrogens (primary N) is 1. The molecule has 0 spiro atoms. The molecule has 2 rings (SSSR count). The highest BCUT2D eigenvalue weighted by atomic mass is 16.5. The van der Waals surface area contributed by atoms with Crippen molar-refractivity contribution in [2.75, 3.05) is 19.8 Å². The molecular formula is C13H24N2O3. The molecule has 104 valence electrons. The molecular weight excluding hydrogens is 232 g/mol. The van der Waals surface area contributed by atoms with E-state index in [4.69, 9.17) is 10.5 Å². The standard InChI is InChI=1S/C13H24N2O3/c14-13(4-2-1-3-5-13)11(17)15-12(10-16)6-8-18-9-7-12/h16H,1-10,14H2,(H,15,17). The fraction of sp³-hybridized carbons (Fsp3) is 0.923. The Morgan fingerprint density at radius 2 is 1.78 bits per heavy atom. The quantitative estimate of drug-likeness (QED) is 0.678. The van der Waals surface area contributed by atoms with Crippen LogP contribution in [0.15, 0.2) is 0 Å². The normalized spacial score (nSPS) is 26.6. The van der Waals surface area contributed by atoms with Crippen LogP contribution in [0.3, 0.4) is 0 Å². The molecule has 4 N–H and O–H groups in total. The number of aliphatic hydroxyl groups is 1. The SMILES string of the molecule is NC1(C(=O)NC2(CO)CCOCC2)CCCCC1. The lowest BCUT2D eigenvalue weighted by molar-refractivity contribution is -0.131. The summed E-state index contributed by atoms with van der Waals surface area (Å²) in [5, 5.41) is 12.6. The summed E-state index contributed by atoms with van der Waals surface area (Å²) in [6.45, 7) is 1.12. The van der Waals surface area contributed by atoms with Crippen LogP contribution in [0.2, 0.25) is 0 Å². The van der Waals surface area contributed by atoms with Crippen LogP contribution in [-0.4, -0.2) is 41.9 Å². The average Bonchev–Trinajstić information content (AvgIpc) is 2.40. The smallest absolute Gasteiger partial charge is 0.240 e. The Labute approximate surface area is 108 Å². The number of carbonyl (C=O) groups excluding carboxylic acids is 1. The number of rotatable bonds is 3. The highest BCUT2D eigenvalue weighted by Gasteiger charge is 2.41. The van der Waals surface area contributed by atoms with Gasteiger partial charge in [0.1, 0.15) is 0 Å². The van der Waals surface area contributed by atoms with Gasteiger partial charge in [-0.05, 0) is 25.7 Å². The fourth-order valence-electron chi connectivity index (χ4n) is 2.86. The molecule has 1 aliphatic heterocycles. The topological polar surface area (TPSA) is 84.6 Å². The molecule has 0 aromatic carbocycles. The summed E-state index contributed by atoms with van der Waals surface area (Å²) in [7, 11) is 0. The molecule has 2 fully saturated rings. The van der Waals surface area contributed by atoms with Crippen LogP contribution in [0.5, 0.6) is 0 Å². The van der Waals surface area contributed by atoms with Crippen molar-refractivity contribution in [2.45, 2.75) is 56.0 Å². The third-order valence-corrected chi connectivity index (χ3v) is 4.33. The van der Waals surface area contributed by atoms with Crippen molar-refractivity contribution in [1.29, 1.82) is 0 Å². The van der Waals surface area contributed by atoms with Crippen molar-refractivity contribution < 1.29 is 14.6 Å². The molecule has 0 aromatic rings. The van der Waals surface area contributed by atoms with Gasteiger partial charge in [0.25, 0.3) is 0 Å². The summed E-state index contributed by atoms with van der Waals surface area (Å²) in [6.07, 6.45) is 5.99. The fourth-order valence-corrected chi connectivity index (χ4v) is 2.86. The number of amides is 1. The average molecular weight is 256 g/mol. The molecule has 5 nitrogen and oxygen atoms in total. The number of hydrogen-bond donors (Lipinski definition) is 3. The molecule has 5 heteroatoms. The van der Waals surface area contributed by atoms with Gasteiger partial charge in [0.05, 0.1) is 17.7 Å². The molecule has 1 saturated carbocycles. The highest BCUT2D eigenvalue weighted by molar-refractivity contribution is 5.86. The zero-order valence-electron chi connectivity index (χ0n) is 10.9. The van der Waals surface area contributed by atoms with E-state index in [9.17, 15) is 9.90 Å². The van der Waals surface area contributed by atoms with Gasteiger partial charge in [-0.3, -0.25) is 4.79 Å². The maximum atomic E-state index is 12.4. The highest BCUT2D eigenvalue weighted by Crippen LogP contribution is 2.28. The van der Waals surface area contributed by atoms with E-state index in [1.54, 1.807) is 0 Å². The molecule has 1 amide bonds. The molecule has 0 atom stereocenters. The van der Waals surface area contributed by atoms with Crippen molar-refractivity contribution >= 4 is 5.91 Å². The number of nitrogens with one attached hydrogen (secondary N) is 1. The van der Waals surface area contributed by atoms with Crippen LogP contribution in [-0.2, 0) is 9.53 Å². The second kappa shape index (κ2) is 5.55. The van der Waals surface area contributed by atoms with E-state index in [2.05, 4.69) is 5.32 Å². The lowest BCUT2D eigenvalue weighted by atomic mass is 9.80. The molecule has 1 aliphatic carbocycles. The van der Waals surface area contributed by atoms with Gasteiger partial charge in [-0.2, -0.15) is 0 Å². The van der Waals surface area contributed by atoms with E-state index in [0.29, 0.717) is 26.1 Å². The first kappa shape index (κ1) is 13.8. The van der Waals surface area contributed by atoms with E-state index in [-0.39, 0.29) is 12.5 Å². The van der Waals surface area contributed by atoms with E-state index >= 15 is 0 Å². The number of hydrogen-bond acceptors (Lipinski definition) is 4. The summed E-state index contributed by atoms with van der Waals surface area (Å²) in [5.41, 5.74) is 4.94. The summed E-state index contributed by atoms with van der Waals surface area (Å²) >= 11 is 0. The van der Waals surface area contributed by atoms with Crippen LogP contribution in [0.4, 0.5) is 0 Å². The van der Waals surface area contributed by atoms with Crippen LogP contribution < -0.4 is 11.1 Å². The van der Waals surface area contributed by atoms with E-state index in [1.165, 1.54) is 0 Å². The first-order chi connectivity index (χ1) is 8.60. The second-order valence-electron chi connectivity index (χ2n) is 5.72. The largest absolute Gasteiger partial charge is 0.394 e. The molecule has 18 heavy (non-hydrogen) atoms. The van der Waals surface area contributed by atoms with Crippen molar-refractivity contribution in [3.05, 3.63) is 0 Å². The zero-order chi connectivity index (χ0) is 13.1. The van der Waals surface area contributed by atoms with Gasteiger partial charge in [0, 0.05) is 13.2 Å². The van der Waals surface area contributed by atoms with Gasteiger partial charge in [-0.15, -0.1) is 0 Å². The predicted molar refractivity (Wildman–Crippen MR) is 68.0 cm³/mol. The Kier molecular flexibility index (Phi) is 4.25. The van der Waals surface area contributed by atoms with Gasteiger partial charge in [-0.25, -0.2) is 0 Å². The molecule has 1 heterocycles. The predicted octanol–water partition coefficient (Wildman–Crippen LogP) is 0.306. The van der Waals surface area contributed by atoms with E-state index in [0.717, 1.165) is 32.1 Å². The second-order valence-corrected chi connectivity index (χ2v) is 5.72. The summed E-state index contributed by atoms with van der Waals surface area (Å²) in [5.74, 6) is -0.0989. The van der Waals surface area contributed by atoms with Gasteiger partial charge >= 0.3 is 0 Å². The van der Waals surface area contributed by atoms with Crippen molar-refractivity contribution in [1.82, 2.24) is 5.32 Å². The third kappa shape index (κ3) is 2.84. The van der Waals surface area contributed by atoms with Crippen LogP contribution in [0.25, 0.3) is 0 Å². The van der Waals surface area contributed by atoms with Crippen LogP contribution in [0.1, 0.15) is 44.9 Å². The molecule has 0 bridgehead atoms. The lowest BCUT2D eigenvalue weighted by Crippen LogP contribution is -2.63. The summed E-state index contributed by atoms with van der Waals surface area (Å²) in [4.78, 5) is 12.4. The molecule has 0 unspecified atom stereocenters. The van der Waals surface area contributed by atoms with Crippen LogP contribution in [0, 0.1) is 0 Å². The molecule has 0 radical (unpaired) electrons. The third-order valence-electron chi connectivity index (χ3n) is 4.33. The first-order valence-electron chi connectivity index (χ1n) is 6.90. The summed E-state index contributed by atoms with van der Waals surface area (Å²) in [6, 6.07) is 0. The molecule has 1 saturated heterocycles. The van der Waals surface area contributed by atoms with Gasteiger partial charge in [0.2, 0.25) is 5.91 Å². The summed E-state index contributed by atoms with van der Waals surface area (Å²) < 4.78 is 5.29. The maximum Gasteiger partial charge on any atom is 0.240 e. The van der Waals surface area contributed by atoms with Gasteiger partial charge < -0.3 is 20.9 Å². The van der Waals surface area contributed by atoms with Crippen molar-refractivity contribution in [3.63, 3.8) is 0 Å². The van der Waals surface area contributed by atoms with E-state index in [1.807, 2.05) is 0 Å². The van der Waals surface area contributed by atoms with Gasteiger partial charge in [0.15, 0.2) is 0 Å². The Balaban J connectivity index is 2.00. The number of carbonyl (C=O) groups is 1. The minimum atomic E-state index is -0.737. The zero-order valence-corrected chi connectivity index (χ0v) is 10.9. The Hall–Kier alpha value is -0.650. The Morgan fingerprint density at radius 3 is 2.33 bits per heavy atom. The minimum absolute atomic E-state index is 0.0435. The first-order valence-corrected chi connectivity index (χ1v) is 6.90. The lowest BCUT2D eigenvalue weighted by Gasteiger charge is -2.40. The minimum Gasteiger partial charge on any atom is -0.394 e. The monoisotopic (exact) mass is 256 g/mol. The molecule has 2 aliphatic rings. The van der Waals surface area contributed by atoms with Crippen LogP contribution >= 0.6 is 0 Å². The van der Waals surface area contributed by atoms with Gasteiger partial charge in [-0.1, -0.05) is 19.3 Å². The molecule has 0 aromatic heterocycles. The van der Waals surface area contributed by atoms with Crippen molar-refractivity contribution in [2.24, 2.45) is 5.73 Å².